The standard InChI is InChI=1S/C38H58N6O5Si2/c1-38(2,3)35(43(37(45)46)30-14-16-47-17-15-30)33-23-34(42(26-48-18-20-50(4,5)6)27-49-19-21-51(7,8)9)44-36(41-33)31(25-40-44)29-22-28-12-10-11-13-32(28)39-24-29/h10-13,22-25,30,35H,14-21,26-27H2,1-9H3,(H,45,46). The Bertz CT molecular complexity index is 1750. The third kappa shape index (κ3) is 10.2. The van der Waals surface area contributed by atoms with Crippen LogP contribution in [0.4, 0.5) is 10.6 Å². The highest BCUT2D eigenvalue weighted by molar-refractivity contribution is 6.76. The fourth-order valence-corrected chi connectivity index (χ4v) is 7.99. The monoisotopic (exact) mass is 734 g/mol. The normalized spacial score (nSPS) is 15.4. The molecule has 1 saturated heterocycles. The summed E-state index contributed by atoms with van der Waals surface area (Å²) in [5, 5.41) is 16.7. The number of pyridine rings is 1. The SMILES string of the molecule is CC(C)(C)C(c1cc(N(COCC[Si](C)(C)C)COCC[Si](C)(C)C)n2ncc(-c3cnc4ccccc4c3)c2n1)N(C(=O)O)C1CCOCC1. The predicted octanol–water partition coefficient (Wildman–Crippen LogP) is 8.62. The van der Waals surface area contributed by atoms with Gasteiger partial charge in [-0.25, -0.2) is 9.78 Å². The van der Waals surface area contributed by atoms with Crippen LogP contribution in [0.5, 0.6) is 0 Å². The van der Waals surface area contributed by atoms with Crippen LogP contribution >= 0.6 is 0 Å². The van der Waals surface area contributed by atoms with E-state index in [-0.39, 0.29) is 6.04 Å². The lowest BCUT2D eigenvalue weighted by atomic mass is 9.82. The molecule has 0 saturated carbocycles. The molecule has 1 N–H and O–H groups in total. The molecule has 0 bridgehead atoms. The van der Waals surface area contributed by atoms with Gasteiger partial charge in [0, 0.05) is 77.4 Å². The summed E-state index contributed by atoms with van der Waals surface area (Å²) in [6.07, 6.45) is 4.00. The molecule has 4 heterocycles. The van der Waals surface area contributed by atoms with Crippen molar-refractivity contribution >= 4 is 44.6 Å². The van der Waals surface area contributed by atoms with Crippen LogP contribution in [0, 0.1) is 5.41 Å². The van der Waals surface area contributed by atoms with Gasteiger partial charge in [-0.1, -0.05) is 78.3 Å². The second-order valence-electron chi connectivity index (χ2n) is 17.3. The Morgan fingerprint density at radius 3 is 2.20 bits per heavy atom. The predicted molar refractivity (Wildman–Crippen MR) is 210 cm³/mol. The van der Waals surface area contributed by atoms with E-state index in [4.69, 9.17) is 29.3 Å². The van der Waals surface area contributed by atoms with Crippen LogP contribution in [0.3, 0.4) is 0 Å². The average Bonchev–Trinajstić information content (AvgIpc) is 3.48. The van der Waals surface area contributed by atoms with E-state index < -0.39 is 33.7 Å². The number of benzene rings is 1. The molecule has 1 aromatic carbocycles. The summed E-state index contributed by atoms with van der Waals surface area (Å²) in [6, 6.07) is 13.5. The topological polar surface area (TPSA) is 115 Å². The minimum Gasteiger partial charge on any atom is -0.465 e. The van der Waals surface area contributed by atoms with E-state index in [1.165, 1.54) is 0 Å². The van der Waals surface area contributed by atoms with Crippen molar-refractivity contribution < 1.29 is 24.1 Å². The number of para-hydroxylation sites is 1. The molecule has 4 aromatic rings. The van der Waals surface area contributed by atoms with Crippen molar-refractivity contribution in [1.82, 2.24) is 24.5 Å². The van der Waals surface area contributed by atoms with E-state index in [0.29, 0.717) is 64.1 Å². The quantitative estimate of drug-likeness (QED) is 0.0728. The van der Waals surface area contributed by atoms with Gasteiger partial charge >= 0.3 is 6.09 Å². The molecular weight excluding hydrogens is 677 g/mol. The van der Waals surface area contributed by atoms with E-state index in [1.54, 1.807) is 4.90 Å². The summed E-state index contributed by atoms with van der Waals surface area (Å²) in [6.45, 7) is 23.3. The first kappa shape index (κ1) is 38.9. The Hall–Kier alpha value is -3.37. The Morgan fingerprint density at radius 2 is 1.61 bits per heavy atom. The van der Waals surface area contributed by atoms with Crippen LogP contribution in [0.1, 0.15) is 45.3 Å². The number of carboxylic acid groups (broad SMARTS) is 1. The summed E-state index contributed by atoms with van der Waals surface area (Å²) < 4.78 is 20.2. The fourth-order valence-electron chi connectivity index (χ4n) is 6.47. The van der Waals surface area contributed by atoms with Gasteiger partial charge in [-0.3, -0.25) is 9.88 Å². The fraction of sp³-hybridized carbons (Fsp3) is 0.579. The number of rotatable bonds is 15. The summed E-state index contributed by atoms with van der Waals surface area (Å²) in [4.78, 5) is 26.9. The van der Waals surface area contributed by atoms with Crippen LogP contribution in [-0.2, 0) is 14.2 Å². The number of carbonyl (C=O) groups is 1. The first-order valence-electron chi connectivity index (χ1n) is 18.3. The van der Waals surface area contributed by atoms with Crippen molar-refractivity contribution in [3.8, 4) is 11.1 Å². The summed E-state index contributed by atoms with van der Waals surface area (Å²) >= 11 is 0. The zero-order chi connectivity index (χ0) is 37.0. The van der Waals surface area contributed by atoms with Crippen molar-refractivity contribution in [2.24, 2.45) is 5.41 Å². The van der Waals surface area contributed by atoms with Crippen molar-refractivity contribution in [2.75, 3.05) is 44.8 Å². The molecule has 13 heteroatoms. The minimum absolute atomic E-state index is 0.193. The molecule has 278 valence electrons. The lowest BCUT2D eigenvalue weighted by Gasteiger charge is -2.43. The Morgan fingerprint density at radius 1 is 0.980 bits per heavy atom. The molecule has 1 amide bonds. The van der Waals surface area contributed by atoms with Crippen molar-refractivity contribution in [1.29, 1.82) is 0 Å². The van der Waals surface area contributed by atoms with E-state index in [9.17, 15) is 9.90 Å². The molecule has 1 atom stereocenters. The molecule has 0 aliphatic carbocycles. The molecule has 1 fully saturated rings. The molecule has 0 spiro atoms. The van der Waals surface area contributed by atoms with E-state index in [2.05, 4.69) is 71.0 Å². The van der Waals surface area contributed by atoms with Crippen LogP contribution in [0.2, 0.25) is 51.4 Å². The molecule has 1 unspecified atom stereocenters. The maximum absolute atomic E-state index is 13.2. The molecule has 51 heavy (non-hydrogen) atoms. The number of amides is 1. The second-order valence-corrected chi connectivity index (χ2v) is 28.5. The number of aromatic nitrogens is 4. The van der Waals surface area contributed by atoms with Gasteiger partial charge < -0.3 is 24.2 Å². The van der Waals surface area contributed by atoms with Gasteiger partial charge in [-0.2, -0.15) is 9.61 Å². The van der Waals surface area contributed by atoms with Crippen molar-refractivity contribution in [2.45, 2.75) is 97.1 Å². The molecule has 0 radical (unpaired) electrons. The van der Waals surface area contributed by atoms with Gasteiger partial charge in [0.2, 0.25) is 0 Å². The number of hydrogen-bond donors (Lipinski definition) is 1. The number of fused-ring (bicyclic) bond motifs is 2. The van der Waals surface area contributed by atoms with Gasteiger partial charge in [-0.05, 0) is 42.5 Å². The largest absolute Gasteiger partial charge is 0.465 e. The van der Waals surface area contributed by atoms with E-state index in [0.717, 1.165) is 39.9 Å². The van der Waals surface area contributed by atoms with Crippen molar-refractivity contribution in [3.63, 3.8) is 0 Å². The second kappa shape index (κ2) is 16.1. The van der Waals surface area contributed by atoms with Crippen LogP contribution in [0.15, 0.2) is 48.8 Å². The maximum Gasteiger partial charge on any atom is 0.408 e. The van der Waals surface area contributed by atoms with Crippen molar-refractivity contribution in [3.05, 3.63) is 54.5 Å². The lowest BCUT2D eigenvalue weighted by Crippen LogP contribution is -2.49. The number of hydrogen-bond acceptors (Lipinski definition) is 8. The number of anilines is 1. The summed E-state index contributed by atoms with van der Waals surface area (Å²) in [5.74, 6) is 0.738. The van der Waals surface area contributed by atoms with Crippen LogP contribution in [0.25, 0.3) is 27.7 Å². The highest BCUT2D eigenvalue weighted by Crippen LogP contribution is 2.42. The highest BCUT2D eigenvalue weighted by atomic mass is 28.3. The number of nitrogens with zero attached hydrogens (tertiary/aromatic N) is 6. The van der Waals surface area contributed by atoms with Gasteiger partial charge in [-0.15, -0.1) is 0 Å². The van der Waals surface area contributed by atoms with E-state index in [1.807, 2.05) is 47.2 Å². The third-order valence-corrected chi connectivity index (χ3v) is 12.8. The first-order chi connectivity index (χ1) is 24.0. The smallest absolute Gasteiger partial charge is 0.408 e. The minimum atomic E-state index is -1.32. The van der Waals surface area contributed by atoms with Crippen LogP contribution < -0.4 is 4.90 Å². The van der Waals surface area contributed by atoms with Gasteiger partial charge in [0.1, 0.15) is 19.3 Å². The first-order valence-corrected chi connectivity index (χ1v) is 25.7. The molecule has 1 aliphatic rings. The molecule has 1 aliphatic heterocycles. The van der Waals surface area contributed by atoms with Gasteiger partial charge in [0.15, 0.2) is 5.65 Å². The molecular formula is C38H58N6O5Si2. The Labute approximate surface area is 305 Å². The lowest BCUT2D eigenvalue weighted by molar-refractivity contribution is -0.00248. The zero-order valence-corrected chi connectivity index (χ0v) is 34.1. The summed E-state index contributed by atoms with van der Waals surface area (Å²) in [7, 11) is -2.63. The van der Waals surface area contributed by atoms with E-state index >= 15 is 0 Å². The Kier molecular flexibility index (Phi) is 12.3. The molecule has 3 aromatic heterocycles. The average molecular weight is 735 g/mol. The highest BCUT2D eigenvalue weighted by Gasteiger charge is 2.41. The Balaban J connectivity index is 1.67. The maximum atomic E-state index is 13.2. The number of ether oxygens (including phenoxy) is 3. The van der Waals surface area contributed by atoms with Crippen LogP contribution in [-0.4, -0.2) is 97.8 Å². The van der Waals surface area contributed by atoms with Gasteiger partial charge in [0.25, 0.3) is 0 Å². The summed E-state index contributed by atoms with van der Waals surface area (Å²) in [5.41, 5.74) is 3.40. The molecule has 5 rings (SSSR count). The molecule has 11 nitrogen and oxygen atoms in total. The third-order valence-electron chi connectivity index (χ3n) is 9.37. The zero-order valence-electron chi connectivity index (χ0n) is 32.1. The van der Waals surface area contributed by atoms with Gasteiger partial charge in [0.05, 0.1) is 23.4 Å².